The number of hydrogen-bond donors (Lipinski definition) is 4. The lowest BCUT2D eigenvalue weighted by atomic mass is 9.97. The van der Waals surface area contributed by atoms with Crippen LogP contribution in [0.2, 0.25) is 0 Å². The molecule has 4 atom stereocenters. The van der Waals surface area contributed by atoms with E-state index in [-0.39, 0.29) is 43.9 Å². The van der Waals surface area contributed by atoms with Crippen molar-refractivity contribution in [2.75, 3.05) is 18.7 Å². The number of fused-ring (bicyclic) bond motifs is 1. The number of carbonyl (C=O) groups excluding carboxylic acids is 2. The molecule has 3 amide bonds. The highest BCUT2D eigenvalue weighted by Crippen LogP contribution is 2.34. The normalized spacial score (nSPS) is 22.3. The van der Waals surface area contributed by atoms with E-state index in [0.29, 0.717) is 30.0 Å². The van der Waals surface area contributed by atoms with Crippen molar-refractivity contribution in [3.05, 3.63) is 54.1 Å². The zero-order valence-corrected chi connectivity index (χ0v) is 18.5. The summed E-state index contributed by atoms with van der Waals surface area (Å²) < 4.78 is 16.5. The van der Waals surface area contributed by atoms with Gasteiger partial charge in [-0.05, 0) is 37.5 Å². The van der Waals surface area contributed by atoms with Crippen molar-refractivity contribution in [2.45, 2.75) is 50.5 Å². The minimum Gasteiger partial charge on any atom is -0.454 e. The van der Waals surface area contributed by atoms with Gasteiger partial charge in [0.05, 0.1) is 31.2 Å². The smallest absolute Gasteiger partial charge is 0.319 e. The van der Waals surface area contributed by atoms with Gasteiger partial charge >= 0.3 is 6.03 Å². The molecule has 2 aliphatic rings. The van der Waals surface area contributed by atoms with Crippen LogP contribution in [0.4, 0.5) is 10.5 Å². The standard InChI is InChI=1S/C24H29N3O6/c1-15(16-5-3-2-4-6-16)25-23(29)12-18-8-9-19(22(13-28)33-18)27-24(30)26-17-7-10-20-21(11-17)32-14-31-20/h2-7,10-11,15,18-19,22,28H,8-9,12-14H2,1H3,(H,25,29)(H2,26,27,30)/t15-,18-,19-,22+/m1/s1. The zero-order valence-electron chi connectivity index (χ0n) is 18.5. The number of ether oxygens (including phenoxy) is 3. The number of nitrogens with one attached hydrogen (secondary N) is 3. The molecular formula is C24H29N3O6. The number of benzene rings is 2. The molecule has 0 unspecified atom stereocenters. The van der Waals surface area contributed by atoms with Crippen LogP contribution < -0.4 is 25.4 Å². The van der Waals surface area contributed by atoms with Crippen molar-refractivity contribution in [2.24, 2.45) is 0 Å². The third-order valence-electron chi connectivity index (χ3n) is 5.83. The first-order valence-electron chi connectivity index (χ1n) is 11.1. The highest BCUT2D eigenvalue weighted by atomic mass is 16.7. The molecule has 0 aliphatic carbocycles. The summed E-state index contributed by atoms with van der Waals surface area (Å²) in [6.45, 7) is 1.84. The molecule has 1 fully saturated rings. The topological polar surface area (TPSA) is 118 Å². The second-order valence-corrected chi connectivity index (χ2v) is 8.23. The molecule has 2 heterocycles. The number of rotatable bonds is 7. The number of urea groups is 1. The highest BCUT2D eigenvalue weighted by Gasteiger charge is 2.33. The van der Waals surface area contributed by atoms with Gasteiger partial charge in [-0.15, -0.1) is 0 Å². The van der Waals surface area contributed by atoms with Gasteiger partial charge in [-0.2, -0.15) is 0 Å². The monoisotopic (exact) mass is 455 g/mol. The molecule has 4 rings (SSSR count). The van der Waals surface area contributed by atoms with Crippen molar-refractivity contribution in [3.8, 4) is 11.5 Å². The van der Waals surface area contributed by atoms with Crippen molar-refractivity contribution in [1.29, 1.82) is 0 Å². The number of aliphatic hydroxyl groups excluding tert-OH is 1. The van der Waals surface area contributed by atoms with Gasteiger partial charge in [-0.25, -0.2) is 4.79 Å². The van der Waals surface area contributed by atoms with Crippen LogP contribution in [0, 0.1) is 0 Å². The molecule has 9 heteroatoms. The Kier molecular flexibility index (Phi) is 7.31. The molecule has 0 radical (unpaired) electrons. The molecule has 33 heavy (non-hydrogen) atoms. The van der Waals surface area contributed by atoms with Crippen molar-refractivity contribution in [3.63, 3.8) is 0 Å². The Balaban J connectivity index is 1.25. The molecule has 0 saturated carbocycles. The van der Waals surface area contributed by atoms with E-state index in [2.05, 4.69) is 16.0 Å². The van der Waals surface area contributed by atoms with E-state index in [0.717, 1.165) is 5.56 Å². The van der Waals surface area contributed by atoms with E-state index in [4.69, 9.17) is 14.2 Å². The maximum absolute atomic E-state index is 12.5. The Bertz CT molecular complexity index is 970. The zero-order chi connectivity index (χ0) is 23.2. The minimum atomic E-state index is -0.592. The van der Waals surface area contributed by atoms with Crippen LogP contribution in [0.1, 0.15) is 37.8 Å². The molecule has 0 bridgehead atoms. The Hall–Kier alpha value is -3.30. The van der Waals surface area contributed by atoms with Crippen LogP contribution in [0.25, 0.3) is 0 Å². The van der Waals surface area contributed by atoms with Gasteiger partial charge in [0.1, 0.15) is 6.10 Å². The summed E-state index contributed by atoms with van der Waals surface area (Å²) in [7, 11) is 0. The maximum Gasteiger partial charge on any atom is 0.319 e. The molecule has 0 spiro atoms. The maximum atomic E-state index is 12.5. The number of amides is 3. The Labute approximate surface area is 192 Å². The third-order valence-corrected chi connectivity index (χ3v) is 5.83. The fourth-order valence-electron chi connectivity index (χ4n) is 4.09. The molecule has 176 valence electrons. The largest absolute Gasteiger partial charge is 0.454 e. The van der Waals surface area contributed by atoms with E-state index in [1.165, 1.54) is 0 Å². The Morgan fingerprint density at radius 2 is 1.88 bits per heavy atom. The van der Waals surface area contributed by atoms with Crippen LogP contribution in [0.3, 0.4) is 0 Å². The summed E-state index contributed by atoms with van der Waals surface area (Å²) in [5.41, 5.74) is 1.59. The van der Waals surface area contributed by atoms with Crippen molar-refractivity contribution >= 4 is 17.6 Å². The fourth-order valence-corrected chi connectivity index (χ4v) is 4.09. The fraction of sp³-hybridized carbons (Fsp3) is 0.417. The van der Waals surface area contributed by atoms with E-state index in [1.807, 2.05) is 37.3 Å². The molecule has 2 aromatic carbocycles. The molecule has 0 aromatic heterocycles. The molecule has 4 N–H and O–H groups in total. The summed E-state index contributed by atoms with van der Waals surface area (Å²) in [5, 5.41) is 18.4. The number of carbonyl (C=O) groups is 2. The second kappa shape index (κ2) is 10.5. The lowest BCUT2D eigenvalue weighted by Gasteiger charge is -2.36. The quantitative estimate of drug-likeness (QED) is 0.510. The minimum absolute atomic E-state index is 0.106. The van der Waals surface area contributed by atoms with Gasteiger partial charge in [0.2, 0.25) is 12.7 Å². The molecular weight excluding hydrogens is 426 g/mol. The van der Waals surface area contributed by atoms with E-state index >= 15 is 0 Å². The van der Waals surface area contributed by atoms with Gasteiger partial charge in [0.15, 0.2) is 11.5 Å². The van der Waals surface area contributed by atoms with Crippen molar-refractivity contribution in [1.82, 2.24) is 10.6 Å². The van der Waals surface area contributed by atoms with Crippen LogP contribution in [0.15, 0.2) is 48.5 Å². The summed E-state index contributed by atoms with van der Waals surface area (Å²) >= 11 is 0. The molecule has 1 saturated heterocycles. The highest BCUT2D eigenvalue weighted by molar-refractivity contribution is 5.90. The van der Waals surface area contributed by atoms with E-state index in [1.54, 1.807) is 18.2 Å². The predicted molar refractivity (Wildman–Crippen MR) is 121 cm³/mol. The van der Waals surface area contributed by atoms with Gasteiger partial charge in [0, 0.05) is 11.8 Å². The second-order valence-electron chi connectivity index (χ2n) is 8.23. The molecule has 2 aliphatic heterocycles. The lowest BCUT2D eigenvalue weighted by Crippen LogP contribution is -2.52. The summed E-state index contributed by atoms with van der Waals surface area (Å²) in [5.74, 6) is 1.10. The Morgan fingerprint density at radius 1 is 1.09 bits per heavy atom. The summed E-state index contributed by atoms with van der Waals surface area (Å²) in [6, 6.07) is 14.0. The van der Waals surface area contributed by atoms with Gasteiger partial charge in [-0.3, -0.25) is 4.79 Å². The predicted octanol–water partition coefficient (Wildman–Crippen LogP) is 2.71. The first-order chi connectivity index (χ1) is 16.0. The lowest BCUT2D eigenvalue weighted by molar-refractivity contribution is -0.131. The average Bonchev–Trinajstić information content (AvgIpc) is 3.28. The molecule has 9 nitrogen and oxygen atoms in total. The number of aliphatic hydroxyl groups is 1. The van der Waals surface area contributed by atoms with Crippen LogP contribution in [-0.4, -0.2) is 48.7 Å². The first kappa shape index (κ1) is 22.9. The SMILES string of the molecule is C[C@@H](NC(=O)C[C@H]1CC[C@@H](NC(=O)Nc2ccc3c(c2)OCO3)[C@H](CO)O1)c1ccccc1. The average molecular weight is 456 g/mol. The first-order valence-corrected chi connectivity index (χ1v) is 11.1. The van der Waals surface area contributed by atoms with Crippen LogP contribution in [-0.2, 0) is 9.53 Å². The Morgan fingerprint density at radius 3 is 2.67 bits per heavy atom. The summed E-state index contributed by atoms with van der Waals surface area (Å²) in [4.78, 5) is 24.9. The van der Waals surface area contributed by atoms with Gasteiger partial charge in [0.25, 0.3) is 0 Å². The van der Waals surface area contributed by atoms with Crippen molar-refractivity contribution < 1.29 is 28.9 Å². The molecule has 2 aromatic rings. The van der Waals surface area contributed by atoms with E-state index in [9.17, 15) is 14.7 Å². The van der Waals surface area contributed by atoms with E-state index < -0.39 is 12.1 Å². The van der Waals surface area contributed by atoms with Crippen LogP contribution in [0.5, 0.6) is 11.5 Å². The van der Waals surface area contributed by atoms with Crippen LogP contribution >= 0.6 is 0 Å². The number of anilines is 1. The summed E-state index contributed by atoms with van der Waals surface area (Å²) in [6.07, 6.45) is 0.472. The van der Waals surface area contributed by atoms with Gasteiger partial charge in [-0.1, -0.05) is 30.3 Å². The third kappa shape index (κ3) is 5.94. The van der Waals surface area contributed by atoms with Gasteiger partial charge < -0.3 is 35.3 Å². The number of hydrogen-bond acceptors (Lipinski definition) is 6.